The van der Waals surface area contributed by atoms with Crippen molar-refractivity contribution in [2.45, 2.75) is 19.9 Å². The summed E-state index contributed by atoms with van der Waals surface area (Å²) in [5.41, 5.74) is 1.82. The lowest BCUT2D eigenvalue weighted by molar-refractivity contribution is -0.116. The lowest BCUT2D eigenvalue weighted by Gasteiger charge is -2.10. The van der Waals surface area contributed by atoms with E-state index in [9.17, 15) is 13.2 Å². The molecule has 1 amide bonds. The van der Waals surface area contributed by atoms with E-state index in [2.05, 4.69) is 15.1 Å². The summed E-state index contributed by atoms with van der Waals surface area (Å²) >= 11 is 5.87. The molecule has 7 nitrogen and oxygen atoms in total. The maximum atomic E-state index is 12.0. The Kier molecular flexibility index (Phi) is 5.98. The Labute approximate surface area is 146 Å². The zero-order chi connectivity index (χ0) is 17.7. The molecule has 0 unspecified atom stereocenters. The molecule has 9 heteroatoms. The molecule has 2 N–H and O–H groups in total. The number of aromatic nitrogens is 2. The molecule has 1 aromatic heterocycles. The molecule has 1 aromatic carbocycles. The number of carbonyl (C=O) groups is 1. The topological polar surface area (TPSA) is 93.1 Å². The second-order valence-corrected chi connectivity index (χ2v) is 7.69. The van der Waals surface area contributed by atoms with Crippen LogP contribution >= 0.6 is 11.6 Å². The van der Waals surface area contributed by atoms with Crippen molar-refractivity contribution < 1.29 is 13.2 Å². The van der Waals surface area contributed by atoms with E-state index in [0.717, 1.165) is 17.4 Å². The van der Waals surface area contributed by atoms with Gasteiger partial charge < -0.3 is 5.32 Å². The number of hydrogen-bond acceptors (Lipinski definition) is 4. The summed E-state index contributed by atoms with van der Waals surface area (Å²) in [5.74, 6) is 0.307. The van der Waals surface area contributed by atoms with E-state index in [4.69, 9.17) is 11.6 Å². The number of anilines is 1. The number of hydrogen-bond donors (Lipinski definition) is 2. The van der Waals surface area contributed by atoms with Gasteiger partial charge in [-0.1, -0.05) is 23.7 Å². The fourth-order valence-electron chi connectivity index (χ4n) is 2.07. The average Bonchev–Trinajstić information content (AvgIpc) is 2.81. The van der Waals surface area contributed by atoms with Gasteiger partial charge >= 0.3 is 0 Å². The molecule has 2 aromatic rings. The maximum Gasteiger partial charge on any atom is 0.226 e. The minimum absolute atomic E-state index is 0.0403. The quantitative estimate of drug-likeness (QED) is 0.776. The van der Waals surface area contributed by atoms with Crippen molar-refractivity contribution in [3.05, 3.63) is 46.6 Å². The predicted octanol–water partition coefficient (Wildman–Crippen LogP) is 1.77. The van der Waals surface area contributed by atoms with Crippen LogP contribution in [0.3, 0.4) is 0 Å². The van der Waals surface area contributed by atoms with Gasteiger partial charge in [-0.05, 0) is 24.6 Å². The van der Waals surface area contributed by atoms with Gasteiger partial charge in [-0.15, -0.1) is 0 Å². The van der Waals surface area contributed by atoms with E-state index >= 15 is 0 Å². The molecule has 0 bridgehead atoms. The normalized spacial score (nSPS) is 11.5. The average molecular weight is 371 g/mol. The van der Waals surface area contributed by atoms with E-state index in [1.54, 1.807) is 23.0 Å². The summed E-state index contributed by atoms with van der Waals surface area (Å²) in [4.78, 5) is 12.0. The highest BCUT2D eigenvalue weighted by atomic mass is 35.5. The predicted molar refractivity (Wildman–Crippen MR) is 93.6 cm³/mol. The van der Waals surface area contributed by atoms with Crippen molar-refractivity contribution in [2.75, 3.05) is 18.1 Å². The van der Waals surface area contributed by atoms with Crippen LogP contribution in [-0.2, 0) is 21.4 Å². The third-order valence-corrected chi connectivity index (χ3v) is 4.22. The van der Waals surface area contributed by atoms with Crippen molar-refractivity contribution in [2.24, 2.45) is 0 Å². The minimum Gasteiger partial charge on any atom is -0.311 e. The smallest absolute Gasteiger partial charge is 0.226 e. The number of aryl methyl sites for hydroxylation is 1. The molecular weight excluding hydrogens is 352 g/mol. The van der Waals surface area contributed by atoms with Crippen LogP contribution in [0.5, 0.6) is 0 Å². The van der Waals surface area contributed by atoms with Gasteiger partial charge in [0.1, 0.15) is 5.82 Å². The first-order valence-corrected chi connectivity index (χ1v) is 9.53. The zero-order valence-corrected chi connectivity index (χ0v) is 15.0. The van der Waals surface area contributed by atoms with Gasteiger partial charge in [0.15, 0.2) is 0 Å². The highest BCUT2D eigenvalue weighted by molar-refractivity contribution is 7.88. The second-order valence-electron chi connectivity index (χ2n) is 5.42. The standard InChI is InChI=1S/C15H19ClN4O3S/c1-11-9-17-20(10-12-3-5-13(16)6-4-12)15(11)19-14(21)7-8-18-24(2,22)23/h3-6,9,18H,7-8,10H2,1-2H3,(H,19,21). The molecule has 2 rings (SSSR count). The van der Waals surface area contributed by atoms with Crippen LogP contribution in [0.1, 0.15) is 17.5 Å². The number of amides is 1. The van der Waals surface area contributed by atoms with E-state index < -0.39 is 10.0 Å². The van der Waals surface area contributed by atoms with Gasteiger partial charge in [0.05, 0.1) is 19.0 Å². The molecule has 0 spiro atoms. The molecule has 0 aliphatic rings. The van der Waals surface area contributed by atoms with Crippen LogP contribution in [0, 0.1) is 6.92 Å². The summed E-state index contributed by atoms with van der Waals surface area (Å²) in [6.45, 7) is 2.38. The third kappa shape index (κ3) is 5.63. The summed E-state index contributed by atoms with van der Waals surface area (Å²) < 4.78 is 26.0. The molecule has 130 valence electrons. The molecule has 0 saturated carbocycles. The van der Waals surface area contributed by atoms with E-state index in [0.29, 0.717) is 17.4 Å². The minimum atomic E-state index is -3.30. The monoisotopic (exact) mass is 370 g/mol. The molecule has 0 aliphatic heterocycles. The van der Waals surface area contributed by atoms with Crippen molar-refractivity contribution in [3.8, 4) is 0 Å². The lowest BCUT2D eigenvalue weighted by atomic mass is 10.2. The lowest BCUT2D eigenvalue weighted by Crippen LogP contribution is -2.27. The molecule has 0 saturated heterocycles. The number of halogens is 1. The number of nitrogens with one attached hydrogen (secondary N) is 2. The largest absolute Gasteiger partial charge is 0.311 e. The Bertz CT molecular complexity index is 816. The number of rotatable bonds is 7. The highest BCUT2D eigenvalue weighted by Gasteiger charge is 2.12. The van der Waals surface area contributed by atoms with Crippen LogP contribution in [0.15, 0.2) is 30.5 Å². The Morgan fingerprint density at radius 3 is 2.58 bits per heavy atom. The van der Waals surface area contributed by atoms with Gasteiger partial charge in [-0.25, -0.2) is 17.8 Å². The highest BCUT2D eigenvalue weighted by Crippen LogP contribution is 2.17. The van der Waals surface area contributed by atoms with Crippen molar-refractivity contribution in [3.63, 3.8) is 0 Å². The van der Waals surface area contributed by atoms with E-state index in [1.807, 2.05) is 19.1 Å². The van der Waals surface area contributed by atoms with Gasteiger partial charge in [0.25, 0.3) is 0 Å². The summed E-state index contributed by atoms with van der Waals surface area (Å²) in [5, 5.41) is 7.70. The first kappa shape index (κ1) is 18.4. The molecule has 0 fully saturated rings. The fourth-order valence-corrected chi connectivity index (χ4v) is 2.67. The van der Waals surface area contributed by atoms with Gasteiger partial charge in [0, 0.05) is 23.6 Å². The summed E-state index contributed by atoms with van der Waals surface area (Å²) in [7, 11) is -3.30. The Morgan fingerprint density at radius 2 is 1.96 bits per heavy atom. The summed E-state index contributed by atoms with van der Waals surface area (Å²) in [6, 6.07) is 7.37. The van der Waals surface area contributed by atoms with Crippen LogP contribution in [0.2, 0.25) is 5.02 Å². The maximum absolute atomic E-state index is 12.0. The van der Waals surface area contributed by atoms with Gasteiger partial charge in [0.2, 0.25) is 15.9 Å². The van der Waals surface area contributed by atoms with E-state index in [-0.39, 0.29) is 18.9 Å². The van der Waals surface area contributed by atoms with Gasteiger partial charge in [-0.3, -0.25) is 4.79 Å². The van der Waals surface area contributed by atoms with Crippen LogP contribution in [0.25, 0.3) is 0 Å². The number of sulfonamides is 1. The van der Waals surface area contributed by atoms with Crippen LogP contribution < -0.4 is 10.0 Å². The Balaban J connectivity index is 2.01. The van der Waals surface area contributed by atoms with Crippen molar-refractivity contribution in [1.29, 1.82) is 0 Å². The fraction of sp³-hybridized carbons (Fsp3) is 0.333. The van der Waals surface area contributed by atoms with Crippen molar-refractivity contribution >= 4 is 33.3 Å². The van der Waals surface area contributed by atoms with E-state index in [1.165, 1.54) is 0 Å². The summed E-state index contributed by atoms with van der Waals surface area (Å²) in [6.07, 6.45) is 2.76. The molecule has 24 heavy (non-hydrogen) atoms. The van der Waals surface area contributed by atoms with Gasteiger partial charge in [-0.2, -0.15) is 5.10 Å². The molecule has 1 heterocycles. The molecular formula is C15H19ClN4O3S. The molecule has 0 atom stereocenters. The first-order chi connectivity index (χ1) is 11.2. The number of carbonyl (C=O) groups excluding carboxylic acids is 1. The molecule has 0 aliphatic carbocycles. The van der Waals surface area contributed by atoms with Crippen LogP contribution in [0.4, 0.5) is 5.82 Å². The van der Waals surface area contributed by atoms with Crippen molar-refractivity contribution in [1.82, 2.24) is 14.5 Å². The number of nitrogens with zero attached hydrogens (tertiary/aromatic N) is 2. The van der Waals surface area contributed by atoms with Crippen LogP contribution in [-0.4, -0.2) is 36.9 Å². The molecule has 0 radical (unpaired) electrons. The first-order valence-electron chi connectivity index (χ1n) is 7.26. The SMILES string of the molecule is Cc1cnn(Cc2ccc(Cl)cc2)c1NC(=O)CCNS(C)(=O)=O. The zero-order valence-electron chi connectivity index (χ0n) is 13.4. The Morgan fingerprint density at radius 1 is 1.29 bits per heavy atom. The Hall–Kier alpha value is -1.90. The number of benzene rings is 1. The second kappa shape index (κ2) is 7.78. The third-order valence-electron chi connectivity index (χ3n) is 3.24.